The normalized spacial score (nSPS) is 12.4. The van der Waals surface area contributed by atoms with Gasteiger partial charge in [-0.3, -0.25) is 4.79 Å². The van der Waals surface area contributed by atoms with Crippen molar-refractivity contribution in [1.29, 1.82) is 0 Å². The standard InChI is InChI=1S/C13H18O2S/c1-10-5-7-11(8-6-10)12(13(14)15)4-3-9-16-2/h5-8,12H,3-4,9H2,1-2H3,(H,14,15). The van der Waals surface area contributed by atoms with E-state index in [9.17, 15) is 9.90 Å². The molecule has 16 heavy (non-hydrogen) atoms. The van der Waals surface area contributed by atoms with Crippen molar-refractivity contribution in [3.8, 4) is 0 Å². The van der Waals surface area contributed by atoms with Gasteiger partial charge in [-0.05, 0) is 37.3 Å². The van der Waals surface area contributed by atoms with E-state index in [1.165, 1.54) is 0 Å². The van der Waals surface area contributed by atoms with Crippen LogP contribution in [0.5, 0.6) is 0 Å². The molecule has 88 valence electrons. The number of carbonyl (C=O) groups is 1. The van der Waals surface area contributed by atoms with E-state index < -0.39 is 5.97 Å². The third-order valence-corrected chi connectivity index (χ3v) is 3.32. The second-order valence-corrected chi connectivity index (χ2v) is 4.92. The molecule has 1 aromatic carbocycles. The van der Waals surface area contributed by atoms with Gasteiger partial charge in [-0.25, -0.2) is 0 Å². The number of hydrogen-bond acceptors (Lipinski definition) is 2. The second-order valence-electron chi connectivity index (χ2n) is 3.94. The Morgan fingerprint density at radius 3 is 2.50 bits per heavy atom. The SMILES string of the molecule is CSCCCC(C(=O)O)c1ccc(C)cc1. The van der Waals surface area contributed by atoms with E-state index in [1.807, 2.05) is 37.4 Å². The predicted molar refractivity (Wildman–Crippen MR) is 69.2 cm³/mol. The number of aryl methyl sites for hydroxylation is 1. The summed E-state index contributed by atoms with van der Waals surface area (Å²) in [5.41, 5.74) is 2.08. The number of rotatable bonds is 6. The van der Waals surface area contributed by atoms with Gasteiger partial charge in [-0.15, -0.1) is 0 Å². The fourth-order valence-corrected chi connectivity index (χ4v) is 2.12. The maximum atomic E-state index is 11.2. The van der Waals surface area contributed by atoms with E-state index >= 15 is 0 Å². The van der Waals surface area contributed by atoms with Crippen molar-refractivity contribution >= 4 is 17.7 Å². The Hall–Kier alpha value is -0.960. The monoisotopic (exact) mass is 238 g/mol. The molecule has 1 aromatic rings. The van der Waals surface area contributed by atoms with Gasteiger partial charge in [0.05, 0.1) is 5.92 Å². The van der Waals surface area contributed by atoms with Crippen molar-refractivity contribution in [2.75, 3.05) is 12.0 Å². The summed E-state index contributed by atoms with van der Waals surface area (Å²) < 4.78 is 0. The maximum absolute atomic E-state index is 11.2. The van der Waals surface area contributed by atoms with Crippen LogP contribution in [0.2, 0.25) is 0 Å². The van der Waals surface area contributed by atoms with E-state index in [0.29, 0.717) is 0 Å². The van der Waals surface area contributed by atoms with Crippen LogP contribution >= 0.6 is 11.8 Å². The highest BCUT2D eigenvalue weighted by molar-refractivity contribution is 7.98. The molecule has 0 aliphatic carbocycles. The number of hydrogen-bond donors (Lipinski definition) is 1. The summed E-state index contributed by atoms with van der Waals surface area (Å²) in [4.78, 5) is 11.2. The summed E-state index contributed by atoms with van der Waals surface area (Å²) in [6.07, 6.45) is 3.72. The highest BCUT2D eigenvalue weighted by atomic mass is 32.2. The lowest BCUT2D eigenvalue weighted by Crippen LogP contribution is -2.11. The molecule has 0 aromatic heterocycles. The molecule has 0 saturated heterocycles. The molecule has 2 nitrogen and oxygen atoms in total. The summed E-state index contributed by atoms with van der Waals surface area (Å²) in [5.74, 6) is -0.0481. The van der Waals surface area contributed by atoms with Crippen molar-refractivity contribution < 1.29 is 9.90 Å². The molecule has 1 rings (SSSR count). The number of carboxylic acids is 1. The van der Waals surface area contributed by atoms with E-state index in [4.69, 9.17) is 0 Å². The third-order valence-electron chi connectivity index (χ3n) is 2.62. The van der Waals surface area contributed by atoms with Gasteiger partial charge in [0.15, 0.2) is 0 Å². The Morgan fingerprint density at radius 2 is 2.00 bits per heavy atom. The zero-order valence-electron chi connectivity index (χ0n) is 9.77. The molecule has 0 amide bonds. The molecule has 1 N–H and O–H groups in total. The quantitative estimate of drug-likeness (QED) is 0.773. The first-order valence-corrected chi connectivity index (χ1v) is 6.83. The van der Waals surface area contributed by atoms with Crippen LogP contribution in [0.1, 0.15) is 29.9 Å². The van der Waals surface area contributed by atoms with Gasteiger partial charge in [-0.2, -0.15) is 11.8 Å². The van der Waals surface area contributed by atoms with Crippen molar-refractivity contribution in [3.63, 3.8) is 0 Å². The molecular weight excluding hydrogens is 220 g/mol. The minimum absolute atomic E-state index is 0.354. The van der Waals surface area contributed by atoms with Crippen LogP contribution in [0.4, 0.5) is 0 Å². The minimum Gasteiger partial charge on any atom is -0.481 e. The largest absolute Gasteiger partial charge is 0.481 e. The molecule has 1 atom stereocenters. The highest BCUT2D eigenvalue weighted by Gasteiger charge is 2.18. The summed E-state index contributed by atoms with van der Waals surface area (Å²) in [5, 5.41) is 9.19. The molecule has 0 aliphatic heterocycles. The first-order valence-electron chi connectivity index (χ1n) is 5.43. The molecule has 0 aliphatic rings. The lowest BCUT2D eigenvalue weighted by Gasteiger charge is -2.12. The lowest BCUT2D eigenvalue weighted by atomic mass is 9.94. The van der Waals surface area contributed by atoms with Crippen molar-refractivity contribution in [1.82, 2.24) is 0 Å². The smallest absolute Gasteiger partial charge is 0.310 e. The summed E-state index contributed by atoms with van der Waals surface area (Å²) in [7, 11) is 0. The molecule has 0 spiro atoms. The highest BCUT2D eigenvalue weighted by Crippen LogP contribution is 2.22. The third kappa shape index (κ3) is 3.89. The molecule has 0 radical (unpaired) electrons. The molecule has 3 heteroatoms. The number of thioether (sulfide) groups is 1. The van der Waals surface area contributed by atoms with Gasteiger partial charge in [0.25, 0.3) is 0 Å². The fourth-order valence-electron chi connectivity index (χ4n) is 1.66. The minimum atomic E-state index is -0.718. The van der Waals surface area contributed by atoms with Crippen molar-refractivity contribution in [2.24, 2.45) is 0 Å². The molecule has 0 fully saturated rings. The Kier molecular flexibility index (Phi) is 5.39. The van der Waals surface area contributed by atoms with E-state index in [0.717, 1.165) is 29.7 Å². The Bertz CT molecular complexity index is 332. The molecule has 0 heterocycles. The second kappa shape index (κ2) is 6.59. The molecule has 0 bridgehead atoms. The van der Waals surface area contributed by atoms with Gasteiger partial charge < -0.3 is 5.11 Å². The topological polar surface area (TPSA) is 37.3 Å². The average molecular weight is 238 g/mol. The zero-order chi connectivity index (χ0) is 12.0. The van der Waals surface area contributed by atoms with E-state index in [1.54, 1.807) is 11.8 Å². The summed E-state index contributed by atoms with van der Waals surface area (Å²) in [6, 6.07) is 7.79. The zero-order valence-corrected chi connectivity index (χ0v) is 10.6. The Labute approximate surface area is 101 Å². The van der Waals surface area contributed by atoms with Gasteiger partial charge >= 0.3 is 5.97 Å². The van der Waals surface area contributed by atoms with Crippen molar-refractivity contribution in [3.05, 3.63) is 35.4 Å². The van der Waals surface area contributed by atoms with E-state index in [2.05, 4.69) is 0 Å². The van der Waals surface area contributed by atoms with Crippen LogP contribution in [0.25, 0.3) is 0 Å². The number of aliphatic carboxylic acids is 1. The van der Waals surface area contributed by atoms with Gasteiger partial charge in [0, 0.05) is 0 Å². The first kappa shape index (κ1) is 13.1. The summed E-state index contributed by atoms with van der Waals surface area (Å²) in [6.45, 7) is 2.01. The number of benzene rings is 1. The first-order chi connectivity index (χ1) is 7.65. The molecule has 0 saturated carbocycles. The summed E-state index contributed by atoms with van der Waals surface area (Å²) >= 11 is 1.76. The molecule has 1 unspecified atom stereocenters. The maximum Gasteiger partial charge on any atom is 0.310 e. The van der Waals surface area contributed by atoms with Crippen LogP contribution in [-0.4, -0.2) is 23.1 Å². The van der Waals surface area contributed by atoms with Crippen LogP contribution in [0.3, 0.4) is 0 Å². The fraction of sp³-hybridized carbons (Fsp3) is 0.462. The van der Waals surface area contributed by atoms with Gasteiger partial charge in [0.2, 0.25) is 0 Å². The lowest BCUT2D eigenvalue weighted by molar-refractivity contribution is -0.139. The predicted octanol–water partition coefficient (Wildman–Crippen LogP) is 3.31. The van der Waals surface area contributed by atoms with E-state index in [-0.39, 0.29) is 5.92 Å². The van der Waals surface area contributed by atoms with Crippen LogP contribution < -0.4 is 0 Å². The van der Waals surface area contributed by atoms with Crippen LogP contribution in [0, 0.1) is 6.92 Å². The molecular formula is C13H18O2S. The number of carboxylic acid groups (broad SMARTS) is 1. The van der Waals surface area contributed by atoms with Crippen LogP contribution in [-0.2, 0) is 4.79 Å². The van der Waals surface area contributed by atoms with Gasteiger partial charge in [0.1, 0.15) is 0 Å². The average Bonchev–Trinajstić information content (AvgIpc) is 2.26. The van der Waals surface area contributed by atoms with Gasteiger partial charge in [-0.1, -0.05) is 29.8 Å². The van der Waals surface area contributed by atoms with Crippen molar-refractivity contribution in [2.45, 2.75) is 25.7 Å². The Morgan fingerprint density at radius 1 is 1.38 bits per heavy atom. The van der Waals surface area contributed by atoms with Crippen LogP contribution in [0.15, 0.2) is 24.3 Å². The Balaban J connectivity index is 2.69.